The van der Waals surface area contributed by atoms with E-state index in [1.165, 1.54) is 0 Å². The number of fused-ring (bicyclic) bond motifs is 1. The van der Waals surface area contributed by atoms with Gasteiger partial charge in [0.15, 0.2) is 11.5 Å². The van der Waals surface area contributed by atoms with Gasteiger partial charge in [0.1, 0.15) is 0 Å². The summed E-state index contributed by atoms with van der Waals surface area (Å²) >= 11 is 0. The number of hydrogen-bond donors (Lipinski definition) is 0. The first kappa shape index (κ1) is 15.4. The van der Waals surface area contributed by atoms with Gasteiger partial charge < -0.3 is 18.7 Å². The predicted molar refractivity (Wildman–Crippen MR) is 85.7 cm³/mol. The van der Waals surface area contributed by atoms with Gasteiger partial charge in [-0.25, -0.2) is 0 Å². The molecule has 0 saturated carbocycles. The lowest BCUT2D eigenvalue weighted by atomic mass is 10.1. The maximum absolute atomic E-state index is 5.45. The smallest absolute Gasteiger partial charge is 0.241 e. The molecule has 1 saturated heterocycles. The van der Waals surface area contributed by atoms with E-state index in [0.29, 0.717) is 24.2 Å². The molecule has 0 amide bonds. The summed E-state index contributed by atoms with van der Waals surface area (Å²) in [6.07, 6.45) is 1.13. The van der Waals surface area contributed by atoms with E-state index in [1.54, 1.807) is 0 Å². The van der Waals surface area contributed by atoms with E-state index in [-0.39, 0.29) is 6.79 Å². The lowest BCUT2D eigenvalue weighted by Crippen LogP contribution is -2.29. The summed E-state index contributed by atoms with van der Waals surface area (Å²) in [6, 6.07) is 5.66. The Morgan fingerprint density at radius 2 is 2.17 bits per heavy atom. The number of ether oxygens (including phenoxy) is 3. The summed E-state index contributed by atoms with van der Waals surface area (Å²) in [7, 11) is 0. The molecule has 2 aromatic rings. The Hall–Kier alpha value is -2.12. The zero-order valence-corrected chi connectivity index (χ0v) is 13.7. The van der Waals surface area contributed by atoms with Gasteiger partial charge in [-0.3, -0.25) is 4.90 Å². The van der Waals surface area contributed by atoms with Crippen molar-refractivity contribution in [2.75, 3.05) is 33.1 Å². The van der Waals surface area contributed by atoms with Crippen molar-refractivity contribution >= 4 is 0 Å². The second-order valence-corrected chi connectivity index (χ2v) is 6.14. The molecule has 24 heavy (non-hydrogen) atoms. The quantitative estimate of drug-likeness (QED) is 0.804. The minimum absolute atomic E-state index is 0.257. The van der Waals surface area contributed by atoms with E-state index in [1.807, 2.05) is 18.2 Å². The molecule has 0 spiro atoms. The van der Waals surface area contributed by atoms with Crippen molar-refractivity contribution in [2.45, 2.75) is 19.9 Å². The molecule has 2 aliphatic heterocycles. The van der Waals surface area contributed by atoms with Crippen LogP contribution in [0.1, 0.15) is 19.2 Å². The molecule has 3 heterocycles. The fraction of sp³-hybridized carbons (Fsp3) is 0.529. The van der Waals surface area contributed by atoms with Crippen LogP contribution < -0.4 is 9.47 Å². The SMILES string of the molecule is CCN(Cc1nc(-c2ccc3c(c2)OCO3)no1)CC1CCOC1. The molecule has 2 aliphatic rings. The van der Waals surface area contributed by atoms with Crippen molar-refractivity contribution in [3.63, 3.8) is 0 Å². The third-order valence-electron chi connectivity index (χ3n) is 4.45. The molecule has 128 valence electrons. The zero-order valence-electron chi connectivity index (χ0n) is 13.7. The van der Waals surface area contributed by atoms with Crippen molar-refractivity contribution in [1.29, 1.82) is 0 Å². The predicted octanol–water partition coefficient (Wildman–Crippen LogP) is 2.32. The first-order valence-corrected chi connectivity index (χ1v) is 8.34. The van der Waals surface area contributed by atoms with Gasteiger partial charge in [-0.2, -0.15) is 4.98 Å². The van der Waals surface area contributed by atoms with E-state index >= 15 is 0 Å². The van der Waals surface area contributed by atoms with Gasteiger partial charge in [0.25, 0.3) is 0 Å². The fourth-order valence-corrected chi connectivity index (χ4v) is 3.06. The second-order valence-electron chi connectivity index (χ2n) is 6.14. The third-order valence-corrected chi connectivity index (χ3v) is 4.45. The molecule has 1 aromatic carbocycles. The minimum Gasteiger partial charge on any atom is -0.454 e. The summed E-state index contributed by atoms with van der Waals surface area (Å²) in [6.45, 7) is 6.72. The summed E-state index contributed by atoms with van der Waals surface area (Å²) in [5.41, 5.74) is 0.862. The largest absolute Gasteiger partial charge is 0.454 e. The first-order valence-electron chi connectivity index (χ1n) is 8.34. The zero-order chi connectivity index (χ0) is 16.4. The highest BCUT2D eigenvalue weighted by Crippen LogP contribution is 2.35. The molecule has 1 aromatic heterocycles. The van der Waals surface area contributed by atoms with Gasteiger partial charge >= 0.3 is 0 Å². The van der Waals surface area contributed by atoms with E-state index in [9.17, 15) is 0 Å². The molecule has 0 bridgehead atoms. The molecule has 0 radical (unpaired) electrons. The fourth-order valence-electron chi connectivity index (χ4n) is 3.06. The van der Waals surface area contributed by atoms with Gasteiger partial charge in [0.05, 0.1) is 13.2 Å². The van der Waals surface area contributed by atoms with Crippen LogP contribution >= 0.6 is 0 Å². The number of aromatic nitrogens is 2. The van der Waals surface area contributed by atoms with Crippen LogP contribution in [0.2, 0.25) is 0 Å². The van der Waals surface area contributed by atoms with Crippen LogP contribution in [0.25, 0.3) is 11.4 Å². The van der Waals surface area contributed by atoms with E-state index in [0.717, 1.165) is 49.8 Å². The molecule has 1 unspecified atom stereocenters. The molecule has 1 fully saturated rings. The number of rotatable bonds is 6. The highest BCUT2D eigenvalue weighted by Gasteiger charge is 2.21. The van der Waals surface area contributed by atoms with Crippen LogP contribution in [0.15, 0.2) is 22.7 Å². The van der Waals surface area contributed by atoms with Gasteiger partial charge in [0.2, 0.25) is 18.5 Å². The minimum atomic E-state index is 0.257. The average molecular weight is 331 g/mol. The Labute approximate surface area is 140 Å². The summed E-state index contributed by atoms with van der Waals surface area (Å²) in [4.78, 5) is 6.84. The van der Waals surface area contributed by atoms with Gasteiger partial charge in [-0.15, -0.1) is 0 Å². The Morgan fingerprint density at radius 1 is 1.25 bits per heavy atom. The molecule has 7 nitrogen and oxygen atoms in total. The number of benzene rings is 1. The van der Waals surface area contributed by atoms with Crippen LogP contribution in [0.3, 0.4) is 0 Å². The molecule has 0 N–H and O–H groups in total. The Balaban J connectivity index is 1.44. The van der Waals surface area contributed by atoms with Crippen LogP contribution in [-0.4, -0.2) is 48.1 Å². The topological polar surface area (TPSA) is 69.9 Å². The van der Waals surface area contributed by atoms with Gasteiger partial charge in [-0.1, -0.05) is 12.1 Å². The Bertz CT molecular complexity index is 697. The van der Waals surface area contributed by atoms with E-state index in [4.69, 9.17) is 18.7 Å². The van der Waals surface area contributed by atoms with E-state index in [2.05, 4.69) is 22.0 Å². The van der Waals surface area contributed by atoms with Gasteiger partial charge in [-0.05, 0) is 37.1 Å². The van der Waals surface area contributed by atoms with Crippen molar-refractivity contribution in [2.24, 2.45) is 5.92 Å². The summed E-state index contributed by atoms with van der Waals surface area (Å²) in [5.74, 6) is 3.27. The van der Waals surface area contributed by atoms with Crippen LogP contribution in [0.5, 0.6) is 11.5 Å². The molecule has 4 rings (SSSR count). The van der Waals surface area contributed by atoms with Crippen molar-refractivity contribution < 1.29 is 18.7 Å². The lowest BCUT2D eigenvalue weighted by molar-refractivity contribution is 0.160. The standard InChI is InChI=1S/C17H21N3O4/c1-2-20(8-12-5-6-21-10-12)9-16-18-17(19-24-16)13-3-4-14-15(7-13)23-11-22-14/h3-4,7,12H,2,5-6,8-11H2,1H3. The third kappa shape index (κ3) is 3.22. The molecular weight excluding hydrogens is 310 g/mol. The van der Waals surface area contributed by atoms with Crippen LogP contribution in [-0.2, 0) is 11.3 Å². The number of hydrogen-bond acceptors (Lipinski definition) is 7. The van der Waals surface area contributed by atoms with Crippen LogP contribution in [0.4, 0.5) is 0 Å². The van der Waals surface area contributed by atoms with Crippen molar-refractivity contribution in [3.05, 3.63) is 24.1 Å². The second kappa shape index (κ2) is 6.78. The first-order chi connectivity index (χ1) is 11.8. The average Bonchev–Trinajstić information content (AvgIpc) is 3.35. The molecule has 0 aliphatic carbocycles. The molecule has 1 atom stereocenters. The van der Waals surface area contributed by atoms with E-state index < -0.39 is 0 Å². The number of nitrogens with zero attached hydrogens (tertiary/aromatic N) is 3. The van der Waals surface area contributed by atoms with Crippen molar-refractivity contribution in [3.8, 4) is 22.9 Å². The molecule has 7 heteroatoms. The highest BCUT2D eigenvalue weighted by atomic mass is 16.7. The van der Waals surface area contributed by atoms with Crippen LogP contribution in [0, 0.1) is 5.92 Å². The van der Waals surface area contributed by atoms with Crippen molar-refractivity contribution in [1.82, 2.24) is 15.0 Å². The Morgan fingerprint density at radius 3 is 3.00 bits per heavy atom. The Kier molecular flexibility index (Phi) is 4.36. The maximum atomic E-state index is 5.45. The highest BCUT2D eigenvalue weighted by molar-refractivity contribution is 5.61. The maximum Gasteiger partial charge on any atom is 0.241 e. The molecular formula is C17H21N3O4. The monoisotopic (exact) mass is 331 g/mol. The normalized spacial score (nSPS) is 19.3. The summed E-state index contributed by atoms with van der Waals surface area (Å²) < 4.78 is 21.6. The van der Waals surface area contributed by atoms with Gasteiger partial charge in [0, 0.05) is 18.7 Å². The summed E-state index contributed by atoms with van der Waals surface area (Å²) in [5, 5.41) is 4.10. The lowest BCUT2D eigenvalue weighted by Gasteiger charge is -2.21.